The van der Waals surface area contributed by atoms with Crippen LogP contribution in [0, 0.1) is 18.3 Å². The van der Waals surface area contributed by atoms with Gasteiger partial charge in [-0.2, -0.15) is 5.10 Å². The summed E-state index contributed by atoms with van der Waals surface area (Å²) in [6.45, 7) is 6.29. The number of rotatable bonds is 3. The number of amides is 2. The molecular weight excluding hydrogens is 272 g/mol. The number of hydrogen-bond donors (Lipinski definition) is 2. The predicted octanol–water partition coefficient (Wildman–Crippen LogP) is 1.69. The number of nitrogens with zero attached hydrogens (tertiary/aromatic N) is 3. The molecule has 116 valence electrons. The van der Waals surface area contributed by atoms with Crippen molar-refractivity contribution in [2.45, 2.75) is 27.2 Å². The molecule has 21 heavy (non-hydrogen) atoms. The largest absolute Gasteiger partial charge is 0.481 e. The second kappa shape index (κ2) is 5.38. The smallest absolute Gasteiger partial charge is 0.321 e. The normalized spacial score (nSPS) is 21.9. The van der Waals surface area contributed by atoms with Crippen molar-refractivity contribution in [3.8, 4) is 0 Å². The average molecular weight is 294 g/mol. The molecule has 1 aliphatic rings. The summed E-state index contributed by atoms with van der Waals surface area (Å²) in [6, 6.07) is -0.269. The van der Waals surface area contributed by atoms with Gasteiger partial charge in [-0.3, -0.25) is 9.48 Å². The van der Waals surface area contributed by atoms with Gasteiger partial charge in [-0.15, -0.1) is 0 Å². The summed E-state index contributed by atoms with van der Waals surface area (Å²) in [5.41, 5.74) is 0.541. The van der Waals surface area contributed by atoms with Crippen LogP contribution in [0.2, 0.25) is 0 Å². The van der Waals surface area contributed by atoms with Crippen molar-refractivity contribution in [3.63, 3.8) is 0 Å². The fourth-order valence-electron chi connectivity index (χ4n) is 2.82. The SMILES string of the molecule is Cc1nn(C)cc1NC(=O)N1CCC(C(=O)O)(C(C)C)C1. The molecule has 2 N–H and O–H groups in total. The van der Waals surface area contributed by atoms with Gasteiger partial charge in [-0.05, 0) is 19.3 Å². The molecule has 2 heterocycles. The molecule has 1 atom stereocenters. The van der Waals surface area contributed by atoms with Gasteiger partial charge < -0.3 is 15.3 Å². The maximum Gasteiger partial charge on any atom is 0.321 e. The van der Waals surface area contributed by atoms with E-state index >= 15 is 0 Å². The number of anilines is 1. The number of likely N-dealkylation sites (tertiary alicyclic amines) is 1. The molecule has 1 saturated heterocycles. The van der Waals surface area contributed by atoms with Crippen molar-refractivity contribution < 1.29 is 14.7 Å². The molecule has 1 aromatic rings. The molecule has 0 spiro atoms. The Kier molecular flexibility index (Phi) is 3.93. The van der Waals surface area contributed by atoms with Gasteiger partial charge in [0.2, 0.25) is 0 Å². The van der Waals surface area contributed by atoms with E-state index in [0.717, 1.165) is 5.69 Å². The lowest BCUT2D eigenvalue weighted by Crippen LogP contribution is -2.41. The van der Waals surface area contributed by atoms with Crippen LogP contribution in [0.5, 0.6) is 0 Å². The summed E-state index contributed by atoms with van der Waals surface area (Å²) in [7, 11) is 1.78. The molecule has 0 aliphatic carbocycles. The van der Waals surface area contributed by atoms with E-state index in [0.29, 0.717) is 18.7 Å². The summed E-state index contributed by atoms with van der Waals surface area (Å²) >= 11 is 0. The first-order valence-corrected chi connectivity index (χ1v) is 7.06. The molecule has 7 nitrogen and oxygen atoms in total. The molecule has 2 rings (SSSR count). The van der Waals surface area contributed by atoms with E-state index < -0.39 is 11.4 Å². The minimum absolute atomic E-state index is 0.0204. The predicted molar refractivity (Wildman–Crippen MR) is 78.1 cm³/mol. The number of carbonyl (C=O) groups is 2. The fraction of sp³-hybridized carbons (Fsp3) is 0.643. The van der Waals surface area contributed by atoms with E-state index in [1.165, 1.54) is 0 Å². The van der Waals surface area contributed by atoms with Gasteiger partial charge in [-0.25, -0.2) is 4.79 Å². The van der Waals surface area contributed by atoms with E-state index in [1.54, 1.807) is 22.8 Å². The molecule has 7 heteroatoms. The van der Waals surface area contributed by atoms with Gasteiger partial charge in [0, 0.05) is 26.3 Å². The first-order valence-electron chi connectivity index (χ1n) is 7.06. The van der Waals surface area contributed by atoms with E-state index in [-0.39, 0.29) is 18.5 Å². The number of carboxylic acid groups (broad SMARTS) is 1. The van der Waals surface area contributed by atoms with Gasteiger partial charge in [0.25, 0.3) is 0 Å². The third-order valence-electron chi connectivity index (χ3n) is 4.37. The van der Waals surface area contributed by atoms with Crippen LogP contribution >= 0.6 is 0 Å². The quantitative estimate of drug-likeness (QED) is 0.888. The van der Waals surface area contributed by atoms with Crippen LogP contribution in [0.1, 0.15) is 26.0 Å². The molecule has 0 saturated carbocycles. The van der Waals surface area contributed by atoms with Gasteiger partial charge in [0.1, 0.15) is 0 Å². The van der Waals surface area contributed by atoms with E-state index in [9.17, 15) is 14.7 Å². The van der Waals surface area contributed by atoms with Crippen LogP contribution in [-0.4, -0.2) is 44.9 Å². The second-order valence-corrected chi connectivity index (χ2v) is 6.02. The van der Waals surface area contributed by atoms with E-state index in [1.807, 2.05) is 20.8 Å². The summed E-state index contributed by atoms with van der Waals surface area (Å²) in [5.74, 6) is -0.849. The Morgan fingerprint density at radius 3 is 2.57 bits per heavy atom. The highest BCUT2D eigenvalue weighted by atomic mass is 16.4. The Morgan fingerprint density at radius 1 is 1.48 bits per heavy atom. The van der Waals surface area contributed by atoms with Gasteiger partial charge in [0.05, 0.1) is 16.8 Å². The first kappa shape index (κ1) is 15.3. The minimum atomic E-state index is -0.846. The van der Waals surface area contributed by atoms with Crippen molar-refractivity contribution >= 4 is 17.7 Å². The molecule has 0 aromatic carbocycles. The highest BCUT2D eigenvalue weighted by Gasteiger charge is 2.48. The highest BCUT2D eigenvalue weighted by Crippen LogP contribution is 2.38. The van der Waals surface area contributed by atoms with Crippen molar-refractivity contribution in [1.82, 2.24) is 14.7 Å². The number of aryl methyl sites for hydroxylation is 2. The topological polar surface area (TPSA) is 87.5 Å². The molecular formula is C14H22N4O3. The van der Waals surface area contributed by atoms with E-state index in [4.69, 9.17) is 0 Å². The zero-order valence-electron chi connectivity index (χ0n) is 12.9. The third-order valence-corrected chi connectivity index (χ3v) is 4.37. The fourth-order valence-corrected chi connectivity index (χ4v) is 2.82. The lowest BCUT2D eigenvalue weighted by Gasteiger charge is -2.28. The molecule has 1 fully saturated rings. The van der Waals surface area contributed by atoms with Gasteiger partial charge in [-0.1, -0.05) is 13.8 Å². The number of aliphatic carboxylic acids is 1. The van der Waals surface area contributed by atoms with E-state index in [2.05, 4.69) is 10.4 Å². The Hall–Kier alpha value is -2.05. The van der Waals surface area contributed by atoms with Crippen molar-refractivity contribution in [3.05, 3.63) is 11.9 Å². The lowest BCUT2D eigenvalue weighted by atomic mass is 9.76. The molecule has 1 unspecified atom stereocenters. The van der Waals surface area contributed by atoms with Crippen LogP contribution in [0.4, 0.5) is 10.5 Å². The van der Waals surface area contributed by atoms with Crippen molar-refractivity contribution in [2.24, 2.45) is 18.4 Å². The summed E-state index contributed by atoms with van der Waals surface area (Å²) in [6.07, 6.45) is 2.22. The summed E-state index contributed by atoms with van der Waals surface area (Å²) < 4.78 is 1.63. The average Bonchev–Trinajstić information content (AvgIpc) is 2.94. The maximum atomic E-state index is 12.3. The number of carbonyl (C=O) groups excluding carboxylic acids is 1. The zero-order valence-corrected chi connectivity index (χ0v) is 12.9. The van der Waals surface area contributed by atoms with Crippen molar-refractivity contribution in [2.75, 3.05) is 18.4 Å². The standard InChI is InChI=1S/C14H22N4O3/c1-9(2)14(12(19)20)5-6-18(8-14)13(21)15-11-7-17(4)16-10(11)3/h7,9H,5-6,8H2,1-4H3,(H,15,21)(H,19,20). The summed E-state index contributed by atoms with van der Waals surface area (Å²) in [4.78, 5) is 25.4. The number of carboxylic acids is 1. The Bertz CT molecular complexity index is 567. The van der Waals surface area contributed by atoms with Crippen LogP contribution in [0.15, 0.2) is 6.20 Å². The first-order chi connectivity index (χ1) is 9.76. The number of nitrogens with one attached hydrogen (secondary N) is 1. The highest BCUT2D eigenvalue weighted by molar-refractivity contribution is 5.90. The van der Waals surface area contributed by atoms with Crippen LogP contribution in [0.3, 0.4) is 0 Å². The number of urea groups is 1. The number of hydrogen-bond acceptors (Lipinski definition) is 3. The zero-order chi connectivity index (χ0) is 15.8. The molecule has 2 amide bonds. The molecule has 1 aromatic heterocycles. The van der Waals surface area contributed by atoms with Crippen LogP contribution < -0.4 is 5.32 Å². The molecule has 0 radical (unpaired) electrons. The van der Waals surface area contributed by atoms with Gasteiger partial charge >= 0.3 is 12.0 Å². The minimum Gasteiger partial charge on any atom is -0.481 e. The van der Waals surface area contributed by atoms with Gasteiger partial charge in [0.15, 0.2) is 0 Å². The third kappa shape index (κ3) is 2.72. The Labute approximate surface area is 123 Å². The van der Waals surface area contributed by atoms with Crippen LogP contribution in [0.25, 0.3) is 0 Å². The molecule has 0 bridgehead atoms. The Morgan fingerprint density at radius 2 is 2.14 bits per heavy atom. The second-order valence-electron chi connectivity index (χ2n) is 6.02. The monoisotopic (exact) mass is 294 g/mol. The summed E-state index contributed by atoms with van der Waals surface area (Å²) in [5, 5.41) is 16.5. The van der Waals surface area contributed by atoms with Crippen molar-refractivity contribution in [1.29, 1.82) is 0 Å². The van der Waals surface area contributed by atoms with Crippen LogP contribution in [-0.2, 0) is 11.8 Å². The number of aromatic nitrogens is 2. The molecule has 1 aliphatic heterocycles. The lowest BCUT2D eigenvalue weighted by molar-refractivity contribution is -0.150. The Balaban J connectivity index is 2.09. The maximum absolute atomic E-state index is 12.3.